The monoisotopic (exact) mass is 1510 g/mol. The molecule has 0 atom stereocenters. The Kier molecular flexibility index (Phi) is 20.0. The van der Waals surface area contributed by atoms with Crippen LogP contribution >= 0.6 is 11.6 Å². The molecule has 550 valence electrons. The highest BCUT2D eigenvalue weighted by Gasteiger charge is 2.42. The summed E-state index contributed by atoms with van der Waals surface area (Å²) in [6, 6.07) is 162. The molecule has 116 heavy (non-hydrogen) atoms. The molecule has 0 fully saturated rings. The van der Waals surface area contributed by atoms with E-state index in [4.69, 9.17) is 21.1 Å². The van der Waals surface area contributed by atoms with Gasteiger partial charge in [-0.3, -0.25) is 0 Å². The van der Waals surface area contributed by atoms with E-state index in [1.807, 2.05) is 72.8 Å². The van der Waals surface area contributed by atoms with E-state index in [1.165, 1.54) is 72.1 Å². The van der Waals surface area contributed by atoms with E-state index < -0.39 is 0 Å². The first-order valence-corrected chi connectivity index (χ1v) is 39.6. The van der Waals surface area contributed by atoms with E-state index in [2.05, 4.69) is 408 Å². The Morgan fingerprint density at radius 1 is 0.241 bits per heavy atom. The maximum Gasteiger partial charge on any atom is 0.256 e. The minimum Gasteiger partial charge on any atom is -0.458 e. The van der Waals surface area contributed by atoms with Gasteiger partial charge in [-0.05, 0) is 241 Å². The number of para-hydroxylation sites is 6. The minimum absolute atomic E-state index is 0.0364. The fourth-order valence-electron chi connectivity index (χ4n) is 16.2. The second kappa shape index (κ2) is 32.4. The van der Waals surface area contributed by atoms with Crippen molar-refractivity contribution in [3.63, 3.8) is 0 Å². The van der Waals surface area contributed by atoms with Gasteiger partial charge in [-0.1, -0.05) is 303 Å². The summed E-state index contributed by atoms with van der Waals surface area (Å²) in [5.74, 6) is 3.00. The third-order valence-corrected chi connectivity index (χ3v) is 22.0. The molecule has 0 bridgehead atoms. The molecule has 6 nitrogen and oxygen atoms in total. The number of fused-ring (bicyclic) bond motifs is 4. The van der Waals surface area contributed by atoms with Crippen molar-refractivity contribution in [3.8, 4) is 89.8 Å². The zero-order chi connectivity index (χ0) is 77.5. The van der Waals surface area contributed by atoms with Crippen LogP contribution in [0.25, 0.3) is 66.8 Å². The van der Waals surface area contributed by atoms with Gasteiger partial charge >= 0.3 is 0 Å². The Labute approximate surface area is 683 Å². The third-order valence-electron chi connectivity index (χ3n) is 21.6. The van der Waals surface area contributed by atoms with Crippen LogP contribution in [-0.2, 0) is 0 Å². The summed E-state index contributed by atoms with van der Waals surface area (Å²) in [5.41, 5.74) is 30.3. The van der Waals surface area contributed by atoms with Gasteiger partial charge in [0.25, 0.3) is 6.71 Å². The van der Waals surface area contributed by atoms with Crippen LogP contribution in [0.3, 0.4) is 0 Å². The van der Waals surface area contributed by atoms with Crippen LogP contribution in [-0.4, -0.2) is 6.71 Å². The number of hydrogen-bond donors (Lipinski definition) is 0. The molecule has 0 spiro atoms. The lowest BCUT2D eigenvalue weighted by atomic mass is 9.34. The summed E-state index contributed by atoms with van der Waals surface area (Å²) in [6.07, 6.45) is 0. The van der Waals surface area contributed by atoms with Crippen LogP contribution in [0.15, 0.2) is 461 Å². The van der Waals surface area contributed by atoms with Crippen molar-refractivity contribution in [1.82, 2.24) is 0 Å². The van der Waals surface area contributed by atoms with Gasteiger partial charge < -0.3 is 29.1 Å². The molecule has 18 aromatic carbocycles. The maximum absolute atomic E-state index is 7.23. The van der Waals surface area contributed by atoms with Gasteiger partial charge in [0.15, 0.2) is 0 Å². The molecule has 8 heteroatoms. The zero-order valence-electron chi connectivity index (χ0n) is 63.4. The summed E-state index contributed by atoms with van der Waals surface area (Å²) in [4.78, 5) is 9.11. The minimum atomic E-state index is 0.0364. The van der Waals surface area contributed by atoms with Crippen LogP contribution in [0.4, 0.5) is 68.2 Å². The zero-order valence-corrected chi connectivity index (χ0v) is 64.2. The van der Waals surface area contributed by atoms with E-state index in [0.717, 1.165) is 90.8 Å². The van der Waals surface area contributed by atoms with Gasteiger partial charge in [0.2, 0.25) is 0 Å². The second-order valence-electron chi connectivity index (χ2n) is 28.9. The van der Waals surface area contributed by atoms with Gasteiger partial charge in [-0.25, -0.2) is 0 Å². The van der Waals surface area contributed by atoms with E-state index in [9.17, 15) is 0 Å². The first kappa shape index (κ1) is 71.4. The summed E-state index contributed by atoms with van der Waals surface area (Å²) >= 11 is 7.23. The third kappa shape index (κ3) is 14.7. The van der Waals surface area contributed by atoms with Gasteiger partial charge in [-0.2, -0.15) is 0 Å². The lowest BCUT2D eigenvalue weighted by Crippen LogP contribution is -2.59. The fraction of sp³-hybridized carbons (Fsp3) is 0. The van der Waals surface area contributed by atoms with Gasteiger partial charge in [-0.15, -0.1) is 0 Å². The van der Waals surface area contributed by atoms with Crippen LogP contribution in [0, 0.1) is 0 Å². The van der Waals surface area contributed by atoms with Crippen molar-refractivity contribution in [2.75, 3.05) is 19.6 Å². The molecular formula is C108H76BClN4O2. The Morgan fingerprint density at radius 3 is 1.07 bits per heavy atom. The largest absolute Gasteiger partial charge is 0.458 e. The molecule has 0 amide bonds. The van der Waals surface area contributed by atoms with Crippen molar-refractivity contribution >= 4 is 103 Å². The lowest BCUT2D eigenvalue weighted by Gasteiger charge is -2.40. The number of hydrogen-bond acceptors (Lipinski definition) is 6. The average Bonchev–Trinajstić information content (AvgIpc) is 0.710. The van der Waals surface area contributed by atoms with Crippen LogP contribution in [0.1, 0.15) is 0 Å². The quantitative estimate of drug-likeness (QED) is 0.0796. The normalized spacial score (nSPS) is 11.5. The van der Waals surface area contributed by atoms with Gasteiger partial charge in [0, 0.05) is 74.7 Å². The molecule has 0 saturated carbocycles. The molecule has 2 aliphatic heterocycles. The Balaban J connectivity index is 0.000000155. The number of rotatable bonds is 18. The van der Waals surface area contributed by atoms with Crippen LogP contribution in [0.2, 0.25) is 5.02 Å². The first-order chi connectivity index (χ1) is 57.4. The molecule has 0 aromatic heterocycles. The molecule has 0 unspecified atom stereocenters. The summed E-state index contributed by atoms with van der Waals surface area (Å²) in [7, 11) is 0. The Hall–Kier alpha value is -14.9. The fourth-order valence-corrected chi connectivity index (χ4v) is 16.5. The number of ether oxygens (including phenoxy) is 2. The predicted molar refractivity (Wildman–Crippen MR) is 487 cm³/mol. The standard InChI is InChI=1S/C54H37BN2O.C54H39ClN2O/c1-4-16-38(17-5-1)39-18-12-19-40(34-39)41-20-13-21-42(35-41)43-22-14-27-46(36-43)56(44-23-6-2-7-24-44)47-32-33-49-53(37-47)58-52-31-15-30-51-54(52)55(49)48-28-10-11-29-50(48)57(51)45-25-8-3-9-26-45;55-54-52(57(47-27-9-3-10-28-47)48-29-11-4-12-30-48)34-17-35-53(54)58-51-33-16-32-50(39-51)56(46-25-7-2-8-26-46)49-31-15-24-45(38-49)44-23-14-22-43(37-44)42-21-13-20-41(36-42)40-18-5-1-6-19-40/h1-37H;1-39H. The van der Waals surface area contributed by atoms with Gasteiger partial charge in [0.1, 0.15) is 28.0 Å². The molecule has 0 N–H and O–H groups in total. The van der Waals surface area contributed by atoms with Crippen LogP contribution in [0.5, 0.6) is 23.0 Å². The number of nitrogens with zero attached hydrogens (tertiary/aromatic N) is 4. The number of anilines is 12. The van der Waals surface area contributed by atoms with Crippen molar-refractivity contribution in [1.29, 1.82) is 0 Å². The molecule has 0 aliphatic carbocycles. The van der Waals surface area contributed by atoms with E-state index >= 15 is 0 Å². The topological polar surface area (TPSA) is 31.4 Å². The van der Waals surface area contributed by atoms with Crippen molar-refractivity contribution < 1.29 is 9.47 Å². The number of halogens is 1. The van der Waals surface area contributed by atoms with Gasteiger partial charge in [0.05, 0.1) is 5.69 Å². The molecule has 18 aromatic rings. The van der Waals surface area contributed by atoms with Crippen molar-refractivity contribution in [2.24, 2.45) is 0 Å². The lowest BCUT2D eigenvalue weighted by molar-refractivity contribution is 0.483. The smallest absolute Gasteiger partial charge is 0.256 e. The molecule has 2 heterocycles. The number of benzene rings is 18. The summed E-state index contributed by atoms with van der Waals surface area (Å²) in [5, 5.41) is 0.516. The SMILES string of the molecule is Clc1c(Oc2cccc(N(c3ccccc3)c3cccc(-c4cccc(-c5cccc(-c6ccccc6)c5)c4)c3)c2)cccc1N(c1ccccc1)c1ccccc1.c1ccc(-c2cccc(-c3cccc(-c4cccc(N(c5ccccc5)c5ccc6c(c5)Oc5cccc7c5B6c5ccccc5N7c5ccccc5)c4)c3)c2)cc1. The molecule has 0 saturated heterocycles. The molecule has 20 rings (SSSR count). The van der Waals surface area contributed by atoms with Crippen molar-refractivity contribution in [3.05, 3.63) is 466 Å². The first-order valence-electron chi connectivity index (χ1n) is 39.2. The second-order valence-corrected chi connectivity index (χ2v) is 29.2. The van der Waals surface area contributed by atoms with E-state index in [1.54, 1.807) is 0 Å². The van der Waals surface area contributed by atoms with Crippen LogP contribution < -0.4 is 45.5 Å². The van der Waals surface area contributed by atoms with E-state index in [-0.39, 0.29) is 6.71 Å². The summed E-state index contributed by atoms with van der Waals surface area (Å²) < 4.78 is 13.6. The van der Waals surface area contributed by atoms with Crippen molar-refractivity contribution in [2.45, 2.75) is 0 Å². The highest BCUT2D eigenvalue weighted by Crippen LogP contribution is 2.48. The highest BCUT2D eigenvalue weighted by atomic mass is 35.5. The highest BCUT2D eigenvalue weighted by molar-refractivity contribution is 6.99. The average molecular weight is 1510 g/mol. The molecule has 2 aliphatic rings. The van der Waals surface area contributed by atoms with E-state index in [0.29, 0.717) is 16.5 Å². The summed E-state index contributed by atoms with van der Waals surface area (Å²) in [6.45, 7) is 0.0364. The predicted octanol–water partition coefficient (Wildman–Crippen LogP) is 28.6. The Bertz CT molecular complexity index is 6480. The Morgan fingerprint density at radius 2 is 0.586 bits per heavy atom. The molecule has 0 radical (unpaired) electrons. The molecular weight excluding hydrogens is 1430 g/mol. The maximum atomic E-state index is 7.23.